The Labute approximate surface area is 181 Å². The third-order valence-electron chi connectivity index (χ3n) is 4.97. The second-order valence-electron chi connectivity index (χ2n) is 7.30. The lowest BCUT2D eigenvalue weighted by Gasteiger charge is -2.26. The maximum Gasteiger partial charge on any atom is 0.253 e. The minimum absolute atomic E-state index is 0.0419. The minimum Gasteiger partial charge on any atom is -0.495 e. The van der Waals surface area contributed by atoms with Gasteiger partial charge in [-0.15, -0.1) is 0 Å². The van der Waals surface area contributed by atoms with Crippen LogP contribution in [0.3, 0.4) is 0 Å². The van der Waals surface area contributed by atoms with Gasteiger partial charge in [-0.3, -0.25) is 4.79 Å². The molecule has 0 fully saturated rings. The Kier molecular flexibility index (Phi) is 7.07. The van der Waals surface area contributed by atoms with E-state index in [4.69, 9.17) is 17.0 Å². The average molecular weight is 426 g/mol. The van der Waals surface area contributed by atoms with Crippen molar-refractivity contribution < 1.29 is 9.84 Å². The molecule has 3 rings (SSSR count). The number of para-hydroxylation sites is 2. The van der Waals surface area contributed by atoms with E-state index in [0.29, 0.717) is 35.9 Å². The summed E-state index contributed by atoms with van der Waals surface area (Å²) in [5.41, 5.74) is 4.28. The van der Waals surface area contributed by atoms with Crippen molar-refractivity contribution in [1.29, 1.82) is 0 Å². The second kappa shape index (κ2) is 9.73. The zero-order chi connectivity index (χ0) is 21.7. The van der Waals surface area contributed by atoms with Gasteiger partial charge in [0, 0.05) is 29.6 Å². The van der Waals surface area contributed by atoms with E-state index in [-0.39, 0.29) is 12.2 Å². The first-order valence-electron chi connectivity index (χ1n) is 9.86. The van der Waals surface area contributed by atoms with Crippen molar-refractivity contribution in [3.05, 3.63) is 69.5 Å². The van der Waals surface area contributed by atoms with E-state index in [1.165, 1.54) is 0 Å². The number of anilines is 1. The van der Waals surface area contributed by atoms with Crippen LogP contribution in [0.25, 0.3) is 10.9 Å². The number of aliphatic hydroxyl groups is 1. The van der Waals surface area contributed by atoms with Crippen molar-refractivity contribution in [3.8, 4) is 5.75 Å². The molecular weight excluding hydrogens is 398 g/mol. The normalized spacial score (nSPS) is 10.8. The average Bonchev–Trinajstić information content (AvgIpc) is 2.71. The first kappa shape index (κ1) is 21.8. The lowest BCUT2D eigenvalue weighted by Crippen LogP contribution is -2.37. The third kappa shape index (κ3) is 4.98. The summed E-state index contributed by atoms with van der Waals surface area (Å²) in [4.78, 5) is 17.6. The highest BCUT2D eigenvalue weighted by Crippen LogP contribution is 2.24. The summed E-state index contributed by atoms with van der Waals surface area (Å²) in [6.07, 6.45) is 0.539. The van der Waals surface area contributed by atoms with Crippen LogP contribution >= 0.6 is 12.2 Å². The number of aryl methyl sites for hydroxylation is 2. The lowest BCUT2D eigenvalue weighted by molar-refractivity contribution is 0.265. The predicted molar refractivity (Wildman–Crippen MR) is 125 cm³/mol. The highest BCUT2D eigenvalue weighted by Gasteiger charge is 2.15. The van der Waals surface area contributed by atoms with Crippen molar-refractivity contribution in [2.75, 3.05) is 25.6 Å². The van der Waals surface area contributed by atoms with Crippen molar-refractivity contribution >= 4 is 33.9 Å². The number of pyridine rings is 1. The van der Waals surface area contributed by atoms with Gasteiger partial charge >= 0.3 is 0 Å². The Hall–Kier alpha value is -2.90. The number of nitrogens with zero attached hydrogens (tertiary/aromatic N) is 1. The quantitative estimate of drug-likeness (QED) is 0.501. The molecule has 0 aliphatic rings. The van der Waals surface area contributed by atoms with Crippen LogP contribution in [0.15, 0.2) is 47.3 Å². The molecule has 0 saturated heterocycles. The molecule has 1 aromatic heterocycles. The molecule has 0 unspecified atom stereocenters. The van der Waals surface area contributed by atoms with Crippen molar-refractivity contribution in [2.24, 2.45) is 0 Å². The van der Waals surface area contributed by atoms with Crippen molar-refractivity contribution in [3.63, 3.8) is 0 Å². The molecular formula is C23H27N3O3S. The Morgan fingerprint density at radius 3 is 2.73 bits per heavy atom. The number of rotatable bonds is 7. The molecule has 2 aromatic carbocycles. The summed E-state index contributed by atoms with van der Waals surface area (Å²) in [5, 5.41) is 14.0. The smallest absolute Gasteiger partial charge is 0.253 e. The van der Waals surface area contributed by atoms with Gasteiger partial charge in [0.1, 0.15) is 5.75 Å². The molecule has 30 heavy (non-hydrogen) atoms. The number of thiocarbonyl (C=S) groups is 1. The molecule has 0 bridgehead atoms. The summed E-state index contributed by atoms with van der Waals surface area (Å²) in [6.45, 7) is 4.94. The number of H-pyrrole nitrogens is 1. The van der Waals surface area contributed by atoms with E-state index in [9.17, 15) is 9.90 Å². The van der Waals surface area contributed by atoms with Gasteiger partial charge < -0.3 is 25.0 Å². The fourth-order valence-corrected chi connectivity index (χ4v) is 3.76. The molecule has 0 amide bonds. The number of aromatic nitrogens is 1. The zero-order valence-corrected chi connectivity index (χ0v) is 18.3. The first-order valence-corrected chi connectivity index (χ1v) is 10.3. The number of aromatic amines is 1. The Morgan fingerprint density at radius 2 is 2.00 bits per heavy atom. The standard InChI is InChI=1S/C23H27N3O3S/c1-15-11-16(2)18-13-17(22(28)24-20(18)12-15)14-26(9-6-10-27)23(30)25-19-7-4-5-8-21(19)29-3/h4-5,7-8,11-13,27H,6,9-10,14H2,1-3H3,(H,24,28)(H,25,30). The lowest BCUT2D eigenvalue weighted by atomic mass is 10.0. The summed E-state index contributed by atoms with van der Waals surface area (Å²) >= 11 is 5.62. The van der Waals surface area contributed by atoms with Crippen LogP contribution in [0.5, 0.6) is 5.75 Å². The monoisotopic (exact) mass is 425 g/mol. The van der Waals surface area contributed by atoms with Gasteiger partial charge in [0.25, 0.3) is 5.56 Å². The van der Waals surface area contributed by atoms with Crippen LogP contribution in [0.4, 0.5) is 5.69 Å². The molecule has 0 spiro atoms. The van der Waals surface area contributed by atoms with Gasteiger partial charge in [0.15, 0.2) is 5.11 Å². The summed E-state index contributed by atoms with van der Waals surface area (Å²) in [7, 11) is 1.60. The summed E-state index contributed by atoms with van der Waals surface area (Å²) in [5.74, 6) is 0.677. The molecule has 0 atom stereocenters. The van der Waals surface area contributed by atoms with Gasteiger partial charge in [0.2, 0.25) is 0 Å². The van der Waals surface area contributed by atoms with Crippen molar-refractivity contribution in [1.82, 2.24) is 9.88 Å². The molecule has 1 heterocycles. The fraction of sp³-hybridized carbons (Fsp3) is 0.304. The highest BCUT2D eigenvalue weighted by molar-refractivity contribution is 7.80. The third-order valence-corrected chi connectivity index (χ3v) is 5.33. The summed E-state index contributed by atoms with van der Waals surface area (Å²) < 4.78 is 5.38. The first-order chi connectivity index (χ1) is 14.4. The Balaban J connectivity index is 1.90. The van der Waals surface area contributed by atoms with Gasteiger partial charge in [-0.05, 0) is 67.9 Å². The van der Waals surface area contributed by atoms with Crippen LogP contribution in [0, 0.1) is 13.8 Å². The number of hydrogen-bond acceptors (Lipinski definition) is 4. The Bertz CT molecular complexity index is 1110. The molecule has 0 saturated carbocycles. The minimum atomic E-state index is -0.137. The molecule has 0 radical (unpaired) electrons. The van der Waals surface area contributed by atoms with E-state index >= 15 is 0 Å². The van der Waals surface area contributed by atoms with E-state index < -0.39 is 0 Å². The van der Waals surface area contributed by atoms with Crippen LogP contribution in [0.1, 0.15) is 23.1 Å². The van der Waals surface area contributed by atoms with Crippen molar-refractivity contribution in [2.45, 2.75) is 26.8 Å². The predicted octanol–water partition coefficient (Wildman–Crippen LogP) is 3.73. The topological polar surface area (TPSA) is 77.6 Å². The Morgan fingerprint density at radius 1 is 1.23 bits per heavy atom. The SMILES string of the molecule is COc1ccccc1NC(=S)N(CCCO)Cc1cc2c(C)cc(C)cc2[nH]c1=O. The van der Waals surface area contributed by atoms with Gasteiger partial charge in [0.05, 0.1) is 19.3 Å². The number of methoxy groups -OCH3 is 1. The number of nitrogens with one attached hydrogen (secondary N) is 2. The largest absolute Gasteiger partial charge is 0.495 e. The van der Waals surface area contributed by atoms with Gasteiger partial charge in [-0.1, -0.05) is 18.2 Å². The zero-order valence-electron chi connectivity index (χ0n) is 17.5. The highest BCUT2D eigenvalue weighted by atomic mass is 32.1. The number of hydrogen-bond donors (Lipinski definition) is 3. The van der Waals surface area contributed by atoms with Gasteiger partial charge in [-0.25, -0.2) is 0 Å². The van der Waals surface area contributed by atoms with Crippen LogP contribution in [-0.2, 0) is 6.54 Å². The summed E-state index contributed by atoms with van der Waals surface area (Å²) in [6, 6.07) is 13.5. The van der Waals surface area contributed by atoms with E-state index in [1.807, 2.05) is 55.1 Å². The fourth-order valence-electron chi connectivity index (χ4n) is 3.50. The molecule has 0 aliphatic carbocycles. The van der Waals surface area contributed by atoms with E-state index in [2.05, 4.69) is 16.4 Å². The maximum absolute atomic E-state index is 12.7. The number of fused-ring (bicyclic) bond motifs is 1. The molecule has 3 aromatic rings. The molecule has 0 aliphatic heterocycles. The van der Waals surface area contributed by atoms with Crippen LogP contribution < -0.4 is 15.6 Å². The molecule has 7 heteroatoms. The number of benzene rings is 2. The van der Waals surface area contributed by atoms with E-state index in [1.54, 1.807) is 7.11 Å². The van der Waals surface area contributed by atoms with E-state index in [0.717, 1.165) is 27.7 Å². The number of aliphatic hydroxyl groups excluding tert-OH is 1. The molecule has 3 N–H and O–H groups in total. The molecule has 6 nitrogen and oxygen atoms in total. The number of ether oxygens (including phenoxy) is 1. The molecule has 158 valence electrons. The van der Waals surface area contributed by atoms with Crippen LogP contribution in [0.2, 0.25) is 0 Å². The maximum atomic E-state index is 12.7. The van der Waals surface area contributed by atoms with Gasteiger partial charge in [-0.2, -0.15) is 0 Å². The second-order valence-corrected chi connectivity index (χ2v) is 7.68. The van der Waals surface area contributed by atoms with Crippen LogP contribution in [-0.4, -0.2) is 40.4 Å².